The highest BCUT2D eigenvalue weighted by Gasteiger charge is 2.49. The van der Waals surface area contributed by atoms with Crippen LogP contribution in [0.5, 0.6) is 0 Å². The Bertz CT molecular complexity index is 807. The van der Waals surface area contributed by atoms with Crippen molar-refractivity contribution >= 4 is 11.5 Å². The predicted octanol–water partition coefficient (Wildman–Crippen LogP) is 5.64. The zero-order chi connectivity index (χ0) is 18.4. The van der Waals surface area contributed by atoms with Crippen molar-refractivity contribution in [2.75, 3.05) is 0 Å². The molecule has 0 aromatic heterocycles. The highest BCUT2D eigenvalue weighted by molar-refractivity contribution is 5.81. The van der Waals surface area contributed by atoms with Crippen LogP contribution in [-0.2, 0) is 15.6 Å². The van der Waals surface area contributed by atoms with E-state index < -0.39 is 5.97 Å². The summed E-state index contributed by atoms with van der Waals surface area (Å²) in [4.78, 5) is 10.7. The lowest BCUT2D eigenvalue weighted by Crippen LogP contribution is -2.21. The number of carbonyl (C=O) groups is 1. The SMILES string of the molecule is CC(C=CC1C[C@]1(C)c1ccc2c(c1)C(C)=CCC2(C)C)=CC(=O)O. The highest BCUT2D eigenvalue weighted by atomic mass is 16.4. The van der Waals surface area contributed by atoms with Gasteiger partial charge in [-0.3, -0.25) is 0 Å². The van der Waals surface area contributed by atoms with Crippen molar-refractivity contribution in [3.63, 3.8) is 0 Å². The van der Waals surface area contributed by atoms with Crippen LogP contribution >= 0.6 is 0 Å². The van der Waals surface area contributed by atoms with Crippen LogP contribution in [0.4, 0.5) is 0 Å². The molecule has 2 atom stereocenters. The van der Waals surface area contributed by atoms with Gasteiger partial charge in [0.2, 0.25) is 0 Å². The zero-order valence-electron chi connectivity index (χ0n) is 15.9. The Hall–Kier alpha value is -2.09. The summed E-state index contributed by atoms with van der Waals surface area (Å²) in [6.45, 7) is 11.0. The molecule has 2 nitrogen and oxygen atoms in total. The van der Waals surface area contributed by atoms with Gasteiger partial charge in [-0.15, -0.1) is 0 Å². The Morgan fingerprint density at radius 1 is 1.28 bits per heavy atom. The molecule has 0 saturated heterocycles. The number of carboxylic acid groups (broad SMARTS) is 1. The largest absolute Gasteiger partial charge is 0.478 e. The van der Waals surface area contributed by atoms with E-state index in [1.54, 1.807) is 0 Å². The first-order chi connectivity index (χ1) is 11.6. The third kappa shape index (κ3) is 3.35. The number of rotatable bonds is 4. The first-order valence-corrected chi connectivity index (χ1v) is 9.05. The van der Waals surface area contributed by atoms with E-state index in [-0.39, 0.29) is 10.8 Å². The number of hydrogen-bond acceptors (Lipinski definition) is 1. The summed E-state index contributed by atoms with van der Waals surface area (Å²) in [5.74, 6) is -0.413. The summed E-state index contributed by atoms with van der Waals surface area (Å²) < 4.78 is 0. The molecule has 1 fully saturated rings. The molecule has 0 radical (unpaired) electrons. The topological polar surface area (TPSA) is 37.3 Å². The fourth-order valence-electron chi connectivity index (χ4n) is 3.97. The quantitative estimate of drug-likeness (QED) is 0.571. The van der Waals surface area contributed by atoms with Crippen molar-refractivity contribution in [3.8, 4) is 0 Å². The van der Waals surface area contributed by atoms with Crippen LogP contribution in [-0.4, -0.2) is 11.1 Å². The van der Waals surface area contributed by atoms with Gasteiger partial charge in [-0.05, 0) is 71.3 Å². The third-order valence-electron chi connectivity index (χ3n) is 6.00. The average molecular weight is 336 g/mol. The van der Waals surface area contributed by atoms with E-state index in [0.29, 0.717) is 5.92 Å². The molecule has 0 bridgehead atoms. The summed E-state index contributed by atoms with van der Waals surface area (Å²) in [5.41, 5.74) is 6.78. The van der Waals surface area contributed by atoms with E-state index >= 15 is 0 Å². The summed E-state index contributed by atoms with van der Waals surface area (Å²) in [6, 6.07) is 7.00. The van der Waals surface area contributed by atoms with E-state index in [1.165, 1.54) is 28.3 Å². The minimum atomic E-state index is -0.889. The van der Waals surface area contributed by atoms with Gasteiger partial charge in [0.15, 0.2) is 0 Å². The van der Waals surface area contributed by atoms with Crippen LogP contribution in [0.1, 0.15) is 64.2 Å². The summed E-state index contributed by atoms with van der Waals surface area (Å²) >= 11 is 0. The van der Waals surface area contributed by atoms with Crippen LogP contribution < -0.4 is 0 Å². The molecular weight excluding hydrogens is 308 g/mol. The molecule has 132 valence electrons. The van der Waals surface area contributed by atoms with Gasteiger partial charge in [-0.2, -0.15) is 0 Å². The lowest BCUT2D eigenvalue weighted by Gasteiger charge is -2.32. The standard InChI is InChI=1S/C23H28O2/c1-15(12-21(24)25)6-7-18-14-23(18,5)17-8-9-20-19(13-17)16(2)10-11-22(20,3)4/h6-10,12-13,18H,11,14H2,1-5H3,(H,24,25)/t18?,23-/m1/s1. The normalized spacial score (nSPS) is 27.8. The number of aliphatic carboxylic acids is 1. The van der Waals surface area contributed by atoms with E-state index in [9.17, 15) is 4.79 Å². The first-order valence-electron chi connectivity index (χ1n) is 9.05. The van der Waals surface area contributed by atoms with Gasteiger partial charge in [0, 0.05) is 6.08 Å². The van der Waals surface area contributed by atoms with Crippen molar-refractivity contribution in [2.45, 2.75) is 58.3 Å². The number of hydrogen-bond donors (Lipinski definition) is 1. The highest BCUT2D eigenvalue weighted by Crippen LogP contribution is 2.55. The maximum absolute atomic E-state index is 10.7. The van der Waals surface area contributed by atoms with Gasteiger partial charge in [0.25, 0.3) is 0 Å². The summed E-state index contributed by atoms with van der Waals surface area (Å²) in [5, 5.41) is 8.81. The second-order valence-corrected chi connectivity index (χ2v) is 8.55. The van der Waals surface area contributed by atoms with E-state index in [0.717, 1.165) is 18.4 Å². The van der Waals surface area contributed by atoms with Crippen LogP contribution in [0.3, 0.4) is 0 Å². The molecule has 3 rings (SSSR count). The van der Waals surface area contributed by atoms with Gasteiger partial charge in [0.1, 0.15) is 0 Å². The van der Waals surface area contributed by atoms with Crippen LogP contribution in [0.15, 0.2) is 48.1 Å². The van der Waals surface area contributed by atoms with Gasteiger partial charge in [-0.1, -0.05) is 57.2 Å². The number of carboxylic acids is 1. The zero-order valence-corrected chi connectivity index (χ0v) is 15.9. The van der Waals surface area contributed by atoms with Crippen LogP contribution in [0, 0.1) is 5.92 Å². The summed E-state index contributed by atoms with van der Waals surface area (Å²) in [6.07, 6.45) is 9.94. The molecule has 0 amide bonds. The molecule has 0 aliphatic heterocycles. The Labute approximate surface area is 151 Å². The molecular formula is C23H28O2. The minimum Gasteiger partial charge on any atom is -0.478 e. The monoisotopic (exact) mass is 336 g/mol. The maximum Gasteiger partial charge on any atom is 0.328 e. The summed E-state index contributed by atoms with van der Waals surface area (Å²) in [7, 11) is 0. The molecule has 1 unspecified atom stereocenters. The van der Waals surface area contributed by atoms with Gasteiger partial charge >= 0.3 is 5.97 Å². The lowest BCUT2D eigenvalue weighted by atomic mass is 9.72. The average Bonchev–Trinajstić information content (AvgIpc) is 3.20. The molecule has 1 aromatic rings. The van der Waals surface area contributed by atoms with E-state index in [4.69, 9.17) is 5.11 Å². The molecule has 0 heterocycles. The van der Waals surface area contributed by atoms with Crippen LogP contribution in [0.25, 0.3) is 5.57 Å². The minimum absolute atomic E-state index is 0.164. The fourth-order valence-corrected chi connectivity index (χ4v) is 3.97. The van der Waals surface area contributed by atoms with Crippen molar-refractivity contribution in [2.24, 2.45) is 5.92 Å². The van der Waals surface area contributed by atoms with Crippen molar-refractivity contribution in [1.82, 2.24) is 0 Å². The fraction of sp³-hybridized carbons (Fsp3) is 0.435. The van der Waals surface area contributed by atoms with Crippen LogP contribution in [0.2, 0.25) is 0 Å². The first kappa shape index (κ1) is 17.7. The van der Waals surface area contributed by atoms with Crippen molar-refractivity contribution in [3.05, 3.63) is 64.8 Å². The van der Waals surface area contributed by atoms with Crippen molar-refractivity contribution < 1.29 is 9.90 Å². The Balaban J connectivity index is 1.85. The molecule has 2 aliphatic rings. The van der Waals surface area contributed by atoms with Gasteiger partial charge in [0.05, 0.1) is 0 Å². The van der Waals surface area contributed by atoms with Gasteiger partial charge < -0.3 is 5.11 Å². The number of benzene rings is 1. The smallest absolute Gasteiger partial charge is 0.328 e. The van der Waals surface area contributed by atoms with E-state index in [2.05, 4.69) is 58.0 Å². The van der Waals surface area contributed by atoms with Gasteiger partial charge in [-0.25, -0.2) is 4.79 Å². The van der Waals surface area contributed by atoms with E-state index in [1.807, 2.05) is 13.0 Å². The van der Waals surface area contributed by atoms with Crippen molar-refractivity contribution in [1.29, 1.82) is 0 Å². The second-order valence-electron chi connectivity index (χ2n) is 8.55. The Morgan fingerprint density at radius 2 is 2.00 bits per heavy atom. The molecule has 1 N–H and O–H groups in total. The Morgan fingerprint density at radius 3 is 2.68 bits per heavy atom. The third-order valence-corrected chi connectivity index (χ3v) is 6.00. The number of allylic oxidation sites excluding steroid dienone is 5. The number of fused-ring (bicyclic) bond motifs is 1. The predicted molar refractivity (Wildman–Crippen MR) is 104 cm³/mol. The molecule has 1 aromatic carbocycles. The Kier molecular flexibility index (Phi) is 4.26. The molecule has 0 spiro atoms. The molecule has 25 heavy (non-hydrogen) atoms. The lowest BCUT2D eigenvalue weighted by molar-refractivity contribution is -0.131. The second kappa shape index (κ2) is 6.01. The maximum atomic E-state index is 10.7. The molecule has 2 aliphatic carbocycles. The molecule has 2 heteroatoms. The molecule has 1 saturated carbocycles.